The molecule has 1 aromatic carbocycles. The molecule has 19 heavy (non-hydrogen) atoms. The van der Waals surface area contributed by atoms with Crippen LogP contribution in [0.15, 0.2) is 18.2 Å². The monoisotopic (exact) mass is 281 g/mol. The second-order valence-electron chi connectivity index (χ2n) is 4.59. The molecule has 2 rings (SSSR count). The summed E-state index contributed by atoms with van der Waals surface area (Å²) in [4.78, 5) is 23.8. The first-order valence-electron chi connectivity index (χ1n) is 6.21. The van der Waals surface area contributed by atoms with Gasteiger partial charge in [0, 0.05) is 22.8 Å². The van der Waals surface area contributed by atoms with Crippen molar-refractivity contribution in [2.24, 2.45) is 0 Å². The number of anilines is 1. The molecule has 5 nitrogen and oxygen atoms in total. The first-order chi connectivity index (χ1) is 9.06. The molecule has 102 valence electrons. The van der Waals surface area contributed by atoms with Gasteiger partial charge in [0.25, 0.3) is 5.91 Å². The lowest BCUT2D eigenvalue weighted by molar-refractivity contribution is -0.122. The minimum atomic E-state index is -0.491. The molecule has 1 aromatic rings. The van der Waals surface area contributed by atoms with Crippen molar-refractivity contribution < 1.29 is 9.59 Å². The van der Waals surface area contributed by atoms with E-state index in [0.717, 1.165) is 12.8 Å². The Morgan fingerprint density at radius 3 is 2.89 bits per heavy atom. The lowest BCUT2D eigenvalue weighted by atomic mass is 10.1. The van der Waals surface area contributed by atoms with Crippen LogP contribution in [0.5, 0.6) is 0 Å². The van der Waals surface area contributed by atoms with Crippen molar-refractivity contribution in [3.05, 3.63) is 28.8 Å². The van der Waals surface area contributed by atoms with E-state index in [1.807, 2.05) is 0 Å². The first kappa shape index (κ1) is 13.7. The van der Waals surface area contributed by atoms with Gasteiger partial charge in [-0.3, -0.25) is 9.59 Å². The van der Waals surface area contributed by atoms with Crippen molar-refractivity contribution in [1.29, 1.82) is 0 Å². The van der Waals surface area contributed by atoms with Gasteiger partial charge in [-0.25, -0.2) is 0 Å². The summed E-state index contributed by atoms with van der Waals surface area (Å²) in [5, 5.41) is 5.88. The highest BCUT2D eigenvalue weighted by molar-refractivity contribution is 6.31. The lowest BCUT2D eigenvalue weighted by Crippen LogP contribution is -2.45. The van der Waals surface area contributed by atoms with Gasteiger partial charge >= 0.3 is 0 Å². The number of hydrogen-bond acceptors (Lipinski definition) is 3. The van der Waals surface area contributed by atoms with Crippen molar-refractivity contribution in [3.8, 4) is 0 Å². The largest absolute Gasteiger partial charge is 0.399 e. The third-order valence-corrected chi connectivity index (χ3v) is 3.24. The highest BCUT2D eigenvalue weighted by Crippen LogP contribution is 2.17. The van der Waals surface area contributed by atoms with E-state index in [2.05, 4.69) is 10.6 Å². The van der Waals surface area contributed by atoms with Gasteiger partial charge in [-0.1, -0.05) is 11.6 Å². The standard InChI is InChI=1S/C13H16ClN3O2/c14-9-5-8(6-10(15)7-9)12(18)17-11-3-1-2-4-16-13(11)19/h5-7,11H,1-4,15H2,(H,16,19)(H,17,18). The van der Waals surface area contributed by atoms with Crippen LogP contribution in [0.4, 0.5) is 5.69 Å². The number of hydrogen-bond donors (Lipinski definition) is 3. The van der Waals surface area contributed by atoms with Crippen molar-refractivity contribution in [2.45, 2.75) is 25.3 Å². The second kappa shape index (κ2) is 5.93. The number of halogens is 1. The Bertz CT molecular complexity index is 484. The Labute approximate surface area is 116 Å². The summed E-state index contributed by atoms with van der Waals surface area (Å²) in [6, 6.07) is 4.14. The van der Waals surface area contributed by atoms with Crippen molar-refractivity contribution in [1.82, 2.24) is 10.6 Å². The molecular weight excluding hydrogens is 266 g/mol. The third-order valence-electron chi connectivity index (χ3n) is 3.02. The number of nitrogens with one attached hydrogen (secondary N) is 2. The SMILES string of the molecule is Nc1cc(Cl)cc(C(=O)NC2CCCCNC2=O)c1. The lowest BCUT2D eigenvalue weighted by Gasteiger charge is -2.15. The van der Waals surface area contributed by atoms with Crippen LogP contribution in [0.1, 0.15) is 29.6 Å². The van der Waals surface area contributed by atoms with Crippen LogP contribution in [0.25, 0.3) is 0 Å². The molecule has 0 bridgehead atoms. The highest BCUT2D eigenvalue weighted by Gasteiger charge is 2.23. The molecule has 1 saturated heterocycles. The molecule has 0 aliphatic carbocycles. The smallest absolute Gasteiger partial charge is 0.252 e. The fourth-order valence-electron chi connectivity index (χ4n) is 2.06. The molecule has 2 amide bonds. The van der Waals surface area contributed by atoms with Gasteiger partial charge in [0.15, 0.2) is 0 Å². The molecule has 1 unspecified atom stereocenters. The van der Waals surface area contributed by atoms with Gasteiger partial charge in [0.05, 0.1) is 0 Å². The molecule has 0 saturated carbocycles. The summed E-state index contributed by atoms with van der Waals surface area (Å²) >= 11 is 5.85. The number of carbonyl (C=O) groups is 2. The van der Waals surface area contributed by atoms with E-state index >= 15 is 0 Å². The average Bonchev–Trinajstić information content (AvgIpc) is 2.54. The number of nitrogens with two attached hydrogens (primary N) is 1. The predicted octanol–water partition coefficient (Wildman–Crippen LogP) is 1.32. The summed E-state index contributed by atoms with van der Waals surface area (Å²) in [5.41, 5.74) is 6.42. The maximum Gasteiger partial charge on any atom is 0.252 e. The number of carbonyl (C=O) groups excluding carboxylic acids is 2. The molecule has 4 N–H and O–H groups in total. The average molecular weight is 282 g/mol. The van der Waals surface area contributed by atoms with Crippen molar-refractivity contribution >= 4 is 29.1 Å². The summed E-state index contributed by atoms with van der Waals surface area (Å²) < 4.78 is 0. The summed E-state index contributed by atoms with van der Waals surface area (Å²) in [6.45, 7) is 0.662. The zero-order valence-electron chi connectivity index (χ0n) is 10.4. The first-order valence-corrected chi connectivity index (χ1v) is 6.59. The summed E-state index contributed by atoms with van der Waals surface area (Å²) in [7, 11) is 0. The Morgan fingerprint density at radius 2 is 2.16 bits per heavy atom. The molecule has 0 aromatic heterocycles. The quantitative estimate of drug-likeness (QED) is 0.715. The molecule has 1 heterocycles. The van der Waals surface area contributed by atoms with Gasteiger partial charge < -0.3 is 16.4 Å². The molecule has 0 spiro atoms. The molecule has 1 fully saturated rings. The van der Waals surface area contributed by atoms with Crippen LogP contribution in [0, 0.1) is 0 Å². The fraction of sp³-hybridized carbons (Fsp3) is 0.385. The summed E-state index contributed by atoms with van der Waals surface area (Å²) in [6.07, 6.45) is 2.48. The maximum atomic E-state index is 12.1. The molecule has 1 atom stereocenters. The molecule has 0 radical (unpaired) electrons. The minimum Gasteiger partial charge on any atom is -0.399 e. The molecule has 1 aliphatic heterocycles. The number of amides is 2. The molecule has 6 heteroatoms. The van der Waals surface area contributed by atoms with Crippen LogP contribution in [-0.4, -0.2) is 24.4 Å². The van der Waals surface area contributed by atoms with Crippen LogP contribution >= 0.6 is 11.6 Å². The summed E-state index contributed by atoms with van der Waals surface area (Å²) in [5.74, 6) is -0.475. The van der Waals surface area contributed by atoms with Gasteiger partial charge in [0.1, 0.15) is 6.04 Å². The van der Waals surface area contributed by atoms with Gasteiger partial charge in [-0.05, 0) is 37.5 Å². The van der Waals surface area contributed by atoms with E-state index < -0.39 is 6.04 Å². The van der Waals surface area contributed by atoms with Crippen LogP contribution in [0.2, 0.25) is 5.02 Å². The van der Waals surface area contributed by atoms with Crippen molar-refractivity contribution in [3.63, 3.8) is 0 Å². The van der Waals surface area contributed by atoms with Gasteiger partial charge in [0.2, 0.25) is 5.91 Å². The van der Waals surface area contributed by atoms with Crippen molar-refractivity contribution in [2.75, 3.05) is 12.3 Å². The number of benzene rings is 1. The van der Waals surface area contributed by atoms with Crippen LogP contribution in [-0.2, 0) is 4.79 Å². The van der Waals surface area contributed by atoms with E-state index in [1.54, 1.807) is 6.07 Å². The second-order valence-corrected chi connectivity index (χ2v) is 5.02. The Morgan fingerprint density at radius 1 is 1.37 bits per heavy atom. The number of nitrogen functional groups attached to an aromatic ring is 1. The van der Waals surface area contributed by atoms with Gasteiger partial charge in [-0.15, -0.1) is 0 Å². The van der Waals surface area contributed by atoms with E-state index in [-0.39, 0.29) is 11.8 Å². The Kier molecular flexibility index (Phi) is 4.27. The van der Waals surface area contributed by atoms with E-state index in [9.17, 15) is 9.59 Å². The van der Waals surface area contributed by atoms with Crippen LogP contribution < -0.4 is 16.4 Å². The predicted molar refractivity (Wildman–Crippen MR) is 74.0 cm³/mol. The fourth-order valence-corrected chi connectivity index (χ4v) is 2.31. The minimum absolute atomic E-state index is 0.138. The topological polar surface area (TPSA) is 84.2 Å². The van der Waals surface area contributed by atoms with E-state index in [4.69, 9.17) is 17.3 Å². The normalized spacial score (nSPS) is 19.4. The van der Waals surface area contributed by atoms with Gasteiger partial charge in [-0.2, -0.15) is 0 Å². The Balaban J connectivity index is 2.09. The molecule has 1 aliphatic rings. The molecular formula is C13H16ClN3O2. The number of rotatable bonds is 2. The maximum absolute atomic E-state index is 12.1. The Hall–Kier alpha value is -1.75. The zero-order chi connectivity index (χ0) is 13.8. The van der Waals surface area contributed by atoms with Crippen LogP contribution in [0.3, 0.4) is 0 Å². The highest BCUT2D eigenvalue weighted by atomic mass is 35.5. The van der Waals surface area contributed by atoms with E-state index in [0.29, 0.717) is 29.2 Å². The zero-order valence-corrected chi connectivity index (χ0v) is 11.2. The van der Waals surface area contributed by atoms with E-state index in [1.165, 1.54) is 12.1 Å². The third kappa shape index (κ3) is 3.61.